The van der Waals surface area contributed by atoms with Gasteiger partial charge in [0.05, 0.1) is 11.9 Å². The molecule has 5 nitrogen and oxygen atoms in total. The number of nitrogens with one attached hydrogen (secondary N) is 1. The van der Waals surface area contributed by atoms with Gasteiger partial charge >= 0.3 is 0 Å². The third-order valence-corrected chi connectivity index (χ3v) is 3.74. The summed E-state index contributed by atoms with van der Waals surface area (Å²) in [5.41, 5.74) is 7.39. The monoisotopic (exact) mass is 310 g/mol. The summed E-state index contributed by atoms with van der Waals surface area (Å²) in [7, 11) is 8.09. The Morgan fingerprint density at radius 1 is 0.826 bits per heavy atom. The van der Waals surface area contributed by atoms with Crippen molar-refractivity contribution < 1.29 is 4.84 Å². The molecule has 2 aromatic rings. The Hall–Kier alpha value is -2.82. The fourth-order valence-corrected chi connectivity index (χ4v) is 2.60. The van der Waals surface area contributed by atoms with Gasteiger partial charge in [0, 0.05) is 39.4 Å². The van der Waals surface area contributed by atoms with Crippen molar-refractivity contribution in [1.82, 2.24) is 5.43 Å². The number of hydrogen-bond acceptors (Lipinski definition) is 5. The van der Waals surface area contributed by atoms with E-state index in [1.54, 1.807) is 5.17 Å². The lowest BCUT2D eigenvalue weighted by atomic mass is 10.1. The van der Waals surface area contributed by atoms with Gasteiger partial charge in [0.25, 0.3) is 0 Å². The predicted molar refractivity (Wildman–Crippen MR) is 96.2 cm³/mol. The second kappa shape index (κ2) is 6.12. The molecule has 0 saturated heterocycles. The van der Waals surface area contributed by atoms with E-state index in [-0.39, 0.29) is 0 Å². The molecule has 2 aromatic carbocycles. The van der Waals surface area contributed by atoms with Crippen molar-refractivity contribution in [2.24, 2.45) is 0 Å². The zero-order valence-corrected chi connectivity index (χ0v) is 13.9. The number of para-hydroxylation sites is 3. The van der Waals surface area contributed by atoms with Gasteiger partial charge in [-0.15, -0.1) is 5.17 Å². The van der Waals surface area contributed by atoms with Gasteiger partial charge in [0.1, 0.15) is 5.69 Å². The number of benzene rings is 2. The lowest BCUT2D eigenvalue weighted by molar-refractivity contribution is 0.244. The molecule has 23 heavy (non-hydrogen) atoms. The Morgan fingerprint density at radius 2 is 1.43 bits per heavy atom. The van der Waals surface area contributed by atoms with E-state index in [4.69, 9.17) is 4.84 Å². The molecule has 1 N–H and O–H groups in total. The van der Waals surface area contributed by atoms with E-state index in [9.17, 15) is 0 Å². The molecule has 0 amide bonds. The molecule has 0 aromatic heterocycles. The number of hydrogen-bond donors (Lipinski definition) is 1. The summed E-state index contributed by atoms with van der Waals surface area (Å²) in [5.74, 6) is 0.794. The van der Waals surface area contributed by atoms with Crippen LogP contribution in [-0.2, 0) is 4.84 Å². The van der Waals surface area contributed by atoms with Gasteiger partial charge in [-0.3, -0.25) is 5.43 Å². The first-order valence-electron chi connectivity index (χ1n) is 7.55. The van der Waals surface area contributed by atoms with Crippen molar-refractivity contribution in [3.8, 4) is 0 Å². The van der Waals surface area contributed by atoms with Gasteiger partial charge in [-0.05, 0) is 24.3 Å². The van der Waals surface area contributed by atoms with E-state index in [1.165, 1.54) is 0 Å². The average molecular weight is 310 g/mol. The largest absolute Gasteiger partial charge is 0.377 e. The molecule has 0 aliphatic carbocycles. The van der Waals surface area contributed by atoms with Crippen molar-refractivity contribution in [3.05, 3.63) is 60.3 Å². The maximum Gasteiger partial charge on any atom is 0.184 e. The second-order valence-corrected chi connectivity index (χ2v) is 5.82. The quantitative estimate of drug-likeness (QED) is 0.938. The molecule has 1 aliphatic heterocycles. The predicted octanol–water partition coefficient (Wildman–Crippen LogP) is 3.07. The molecule has 0 spiro atoms. The molecular weight excluding hydrogens is 288 g/mol. The van der Waals surface area contributed by atoms with Crippen LogP contribution in [0.2, 0.25) is 0 Å². The van der Waals surface area contributed by atoms with Crippen molar-refractivity contribution in [1.29, 1.82) is 0 Å². The molecule has 0 unspecified atom stereocenters. The van der Waals surface area contributed by atoms with Crippen LogP contribution in [0.3, 0.4) is 0 Å². The first kappa shape index (κ1) is 15.1. The molecule has 0 bridgehead atoms. The summed E-state index contributed by atoms with van der Waals surface area (Å²) in [6.07, 6.45) is 1.88. The van der Waals surface area contributed by atoms with Gasteiger partial charge in [0.2, 0.25) is 0 Å². The first-order valence-corrected chi connectivity index (χ1v) is 7.55. The van der Waals surface area contributed by atoms with Crippen LogP contribution in [0.5, 0.6) is 0 Å². The van der Waals surface area contributed by atoms with E-state index in [0.717, 1.165) is 28.4 Å². The Labute approximate surface area is 137 Å². The Balaban J connectivity index is 1.87. The fraction of sp³-hybridized carbons (Fsp3) is 0.222. The third kappa shape index (κ3) is 2.90. The van der Waals surface area contributed by atoms with Crippen molar-refractivity contribution >= 4 is 22.8 Å². The van der Waals surface area contributed by atoms with Crippen molar-refractivity contribution in [2.45, 2.75) is 0 Å². The normalized spacial score (nSPS) is 13.2. The molecule has 0 atom stereocenters. The Bertz CT molecular complexity index is 724. The number of nitrogens with zero attached hydrogens (tertiary/aromatic N) is 3. The molecule has 0 radical (unpaired) electrons. The van der Waals surface area contributed by atoms with Gasteiger partial charge < -0.3 is 14.6 Å². The van der Waals surface area contributed by atoms with Crippen LogP contribution in [0.25, 0.3) is 5.76 Å². The molecule has 120 valence electrons. The lowest BCUT2D eigenvalue weighted by Crippen LogP contribution is -2.30. The van der Waals surface area contributed by atoms with Gasteiger partial charge in [-0.1, -0.05) is 24.3 Å². The smallest absolute Gasteiger partial charge is 0.184 e. The maximum atomic E-state index is 6.05. The van der Waals surface area contributed by atoms with Crippen molar-refractivity contribution in [3.63, 3.8) is 0 Å². The zero-order valence-electron chi connectivity index (χ0n) is 13.9. The summed E-state index contributed by atoms with van der Waals surface area (Å²) >= 11 is 0. The van der Waals surface area contributed by atoms with E-state index < -0.39 is 0 Å². The SMILES string of the molecule is CN(C)c1ccccc1C1=CNN(c2ccccc2N(C)C)O1. The molecular formula is C18H22N4O. The fourth-order valence-electron chi connectivity index (χ4n) is 2.60. The molecule has 5 heteroatoms. The number of hydrazine groups is 1. The minimum absolute atomic E-state index is 0.794. The summed E-state index contributed by atoms with van der Waals surface area (Å²) in [6.45, 7) is 0. The summed E-state index contributed by atoms with van der Waals surface area (Å²) in [5, 5.41) is 1.69. The minimum Gasteiger partial charge on any atom is -0.377 e. The molecule has 1 aliphatic rings. The van der Waals surface area contributed by atoms with Crippen LogP contribution in [-0.4, -0.2) is 28.2 Å². The first-order chi connectivity index (χ1) is 11.1. The highest BCUT2D eigenvalue weighted by atomic mass is 16.7. The average Bonchev–Trinajstić information content (AvgIpc) is 3.04. The highest BCUT2D eigenvalue weighted by Gasteiger charge is 2.22. The molecule has 0 fully saturated rings. The molecule has 3 rings (SSSR count). The van der Waals surface area contributed by atoms with Gasteiger partial charge in [-0.25, -0.2) is 0 Å². The van der Waals surface area contributed by atoms with Crippen LogP contribution in [0, 0.1) is 0 Å². The van der Waals surface area contributed by atoms with Gasteiger partial charge in [-0.2, -0.15) is 0 Å². The highest BCUT2D eigenvalue weighted by molar-refractivity contribution is 5.77. The second-order valence-electron chi connectivity index (χ2n) is 5.82. The summed E-state index contributed by atoms with van der Waals surface area (Å²) in [4.78, 5) is 10.2. The standard InChI is InChI=1S/C18H22N4O/c1-20(2)15-10-6-5-9-14(15)18-13-19-22(23-18)17-12-8-7-11-16(17)21(3)4/h5-13,19H,1-4H3. The van der Waals surface area contributed by atoms with Crippen LogP contribution in [0.15, 0.2) is 54.7 Å². The molecule has 0 saturated carbocycles. The third-order valence-electron chi connectivity index (χ3n) is 3.74. The Morgan fingerprint density at radius 3 is 2.13 bits per heavy atom. The maximum absolute atomic E-state index is 6.05. The van der Waals surface area contributed by atoms with Gasteiger partial charge in [0.15, 0.2) is 5.76 Å². The van der Waals surface area contributed by atoms with Crippen molar-refractivity contribution in [2.75, 3.05) is 43.2 Å². The van der Waals surface area contributed by atoms with E-state index in [2.05, 4.69) is 33.4 Å². The van der Waals surface area contributed by atoms with E-state index >= 15 is 0 Å². The summed E-state index contributed by atoms with van der Waals surface area (Å²) in [6, 6.07) is 16.3. The highest BCUT2D eigenvalue weighted by Crippen LogP contribution is 2.34. The Kier molecular flexibility index (Phi) is 4.02. The van der Waals surface area contributed by atoms with Crippen LogP contribution >= 0.6 is 0 Å². The topological polar surface area (TPSA) is 31.0 Å². The van der Waals surface area contributed by atoms with Crippen LogP contribution in [0.4, 0.5) is 17.1 Å². The van der Waals surface area contributed by atoms with Crippen LogP contribution < -0.4 is 20.4 Å². The minimum atomic E-state index is 0.794. The molecule has 1 heterocycles. The number of anilines is 3. The summed E-state index contributed by atoms with van der Waals surface area (Å²) < 4.78 is 0. The number of rotatable bonds is 4. The van der Waals surface area contributed by atoms with Crippen LogP contribution in [0.1, 0.15) is 5.56 Å². The van der Waals surface area contributed by atoms with E-state index in [1.807, 2.05) is 64.7 Å². The zero-order chi connectivity index (χ0) is 16.4. The van der Waals surface area contributed by atoms with E-state index in [0.29, 0.717) is 0 Å². The lowest BCUT2D eigenvalue weighted by Gasteiger charge is -2.24.